The van der Waals surface area contributed by atoms with Crippen LogP contribution in [0, 0.1) is 12.8 Å². The lowest BCUT2D eigenvalue weighted by Crippen LogP contribution is -2.35. The number of benzene rings is 1. The van der Waals surface area contributed by atoms with Crippen molar-refractivity contribution in [2.75, 3.05) is 23.3 Å². The molecule has 0 atom stereocenters. The quantitative estimate of drug-likeness (QED) is 0.755. The van der Waals surface area contributed by atoms with Crippen molar-refractivity contribution in [3.05, 3.63) is 53.9 Å². The monoisotopic (exact) mass is 350 g/mol. The Bertz CT molecular complexity index is 842. The maximum atomic E-state index is 5.06. The zero-order valence-electron chi connectivity index (χ0n) is 14.8. The molecule has 134 valence electrons. The third-order valence-electron chi connectivity index (χ3n) is 4.70. The summed E-state index contributed by atoms with van der Waals surface area (Å²) < 4.78 is 5.06. The summed E-state index contributed by atoms with van der Waals surface area (Å²) in [6.07, 6.45) is 5.01. The van der Waals surface area contributed by atoms with E-state index in [-0.39, 0.29) is 0 Å². The third-order valence-corrected chi connectivity index (χ3v) is 4.70. The van der Waals surface area contributed by atoms with Gasteiger partial charge in [-0.1, -0.05) is 35.5 Å². The Hall–Kier alpha value is -2.96. The van der Waals surface area contributed by atoms with Crippen LogP contribution in [0.4, 0.5) is 17.6 Å². The van der Waals surface area contributed by atoms with Gasteiger partial charge in [0.1, 0.15) is 5.76 Å². The molecule has 0 aliphatic carbocycles. The molecule has 1 aliphatic heterocycles. The van der Waals surface area contributed by atoms with Crippen molar-refractivity contribution < 1.29 is 4.52 Å². The van der Waals surface area contributed by atoms with Gasteiger partial charge < -0.3 is 14.7 Å². The lowest BCUT2D eigenvalue weighted by molar-refractivity contribution is 0.399. The summed E-state index contributed by atoms with van der Waals surface area (Å²) >= 11 is 0. The predicted octanol–water partition coefficient (Wildman–Crippen LogP) is 3.37. The first-order valence-corrected chi connectivity index (χ1v) is 8.95. The Morgan fingerprint density at radius 2 is 1.96 bits per heavy atom. The molecule has 0 radical (unpaired) electrons. The Balaban J connectivity index is 1.36. The molecule has 1 saturated heterocycles. The smallest absolute Gasteiger partial charge is 0.247 e. The van der Waals surface area contributed by atoms with Crippen LogP contribution < -0.4 is 10.2 Å². The lowest BCUT2D eigenvalue weighted by atomic mass is 9.90. The van der Waals surface area contributed by atoms with Gasteiger partial charge in [0.25, 0.3) is 0 Å². The SMILES string of the molecule is Cc1cc(Nc2cnnc(N3CCC(Cc4ccccc4)CC3)n2)no1. The van der Waals surface area contributed by atoms with Crippen LogP contribution in [0.1, 0.15) is 24.2 Å². The van der Waals surface area contributed by atoms with E-state index in [1.54, 1.807) is 6.20 Å². The standard InChI is InChI=1S/C19H22N6O/c1-14-11-17(24-26-14)21-18-13-20-23-19(22-18)25-9-7-16(8-10-25)12-15-5-3-2-4-6-15/h2-6,11,13,16H,7-10,12H2,1H3,(H,21,22,23,24). The Kier molecular flexibility index (Phi) is 4.77. The van der Waals surface area contributed by atoms with Crippen LogP contribution in [0.15, 0.2) is 47.1 Å². The molecule has 1 fully saturated rings. The van der Waals surface area contributed by atoms with Gasteiger partial charge in [-0.05, 0) is 37.7 Å². The summed E-state index contributed by atoms with van der Waals surface area (Å²) in [6, 6.07) is 12.5. The summed E-state index contributed by atoms with van der Waals surface area (Å²) in [5, 5.41) is 15.3. The second kappa shape index (κ2) is 7.51. The minimum absolute atomic E-state index is 0.620. The fourth-order valence-corrected chi connectivity index (χ4v) is 3.33. The highest BCUT2D eigenvalue weighted by Crippen LogP contribution is 2.24. The van der Waals surface area contributed by atoms with Gasteiger partial charge in [0, 0.05) is 19.2 Å². The molecular weight excluding hydrogens is 328 g/mol. The van der Waals surface area contributed by atoms with Crippen molar-refractivity contribution in [3.8, 4) is 0 Å². The highest BCUT2D eigenvalue weighted by molar-refractivity contribution is 5.51. The zero-order chi connectivity index (χ0) is 17.8. The molecule has 3 aromatic rings. The van der Waals surface area contributed by atoms with Crippen LogP contribution in [-0.2, 0) is 6.42 Å². The molecule has 0 unspecified atom stereocenters. The molecule has 0 saturated carbocycles. The maximum Gasteiger partial charge on any atom is 0.247 e. The highest BCUT2D eigenvalue weighted by atomic mass is 16.5. The average molecular weight is 350 g/mol. The van der Waals surface area contributed by atoms with Crippen molar-refractivity contribution in [3.63, 3.8) is 0 Å². The molecule has 7 heteroatoms. The predicted molar refractivity (Wildman–Crippen MR) is 99.4 cm³/mol. The van der Waals surface area contributed by atoms with Gasteiger partial charge in [0.2, 0.25) is 5.95 Å². The van der Waals surface area contributed by atoms with E-state index in [0.29, 0.717) is 23.5 Å². The maximum absolute atomic E-state index is 5.06. The first-order valence-electron chi connectivity index (χ1n) is 8.95. The zero-order valence-corrected chi connectivity index (χ0v) is 14.8. The normalized spacial score (nSPS) is 15.2. The van der Waals surface area contributed by atoms with E-state index >= 15 is 0 Å². The Morgan fingerprint density at radius 3 is 2.69 bits per heavy atom. The van der Waals surface area contributed by atoms with Crippen LogP contribution in [0.25, 0.3) is 0 Å². The minimum Gasteiger partial charge on any atom is -0.360 e. The number of rotatable bonds is 5. The largest absolute Gasteiger partial charge is 0.360 e. The molecule has 0 amide bonds. The molecule has 1 N–H and O–H groups in total. The van der Waals surface area contributed by atoms with Gasteiger partial charge in [0.15, 0.2) is 11.6 Å². The van der Waals surface area contributed by atoms with E-state index in [1.807, 2.05) is 13.0 Å². The van der Waals surface area contributed by atoms with Crippen molar-refractivity contribution in [1.82, 2.24) is 20.3 Å². The molecule has 1 aromatic carbocycles. The van der Waals surface area contributed by atoms with E-state index in [9.17, 15) is 0 Å². The number of hydrogen-bond acceptors (Lipinski definition) is 7. The topological polar surface area (TPSA) is 80.0 Å². The fraction of sp³-hybridized carbons (Fsp3) is 0.368. The summed E-state index contributed by atoms with van der Waals surface area (Å²) in [4.78, 5) is 6.77. The summed E-state index contributed by atoms with van der Waals surface area (Å²) in [6.45, 7) is 3.75. The number of nitrogens with zero attached hydrogens (tertiary/aromatic N) is 5. The first-order chi connectivity index (χ1) is 12.8. The average Bonchev–Trinajstić information content (AvgIpc) is 3.08. The molecule has 1 aliphatic rings. The van der Waals surface area contributed by atoms with E-state index in [2.05, 4.69) is 60.9 Å². The molecule has 2 aromatic heterocycles. The van der Waals surface area contributed by atoms with Gasteiger partial charge in [-0.15, -0.1) is 5.10 Å². The van der Waals surface area contributed by atoms with E-state index in [4.69, 9.17) is 4.52 Å². The van der Waals surface area contributed by atoms with Crippen LogP contribution in [0.5, 0.6) is 0 Å². The van der Waals surface area contributed by atoms with Gasteiger partial charge in [-0.25, -0.2) is 0 Å². The number of hydrogen-bond donors (Lipinski definition) is 1. The van der Waals surface area contributed by atoms with Crippen molar-refractivity contribution >= 4 is 17.6 Å². The lowest BCUT2D eigenvalue weighted by Gasteiger charge is -2.31. The van der Waals surface area contributed by atoms with Crippen molar-refractivity contribution in [1.29, 1.82) is 0 Å². The number of anilines is 3. The molecule has 4 rings (SSSR count). The fourth-order valence-electron chi connectivity index (χ4n) is 3.33. The van der Waals surface area contributed by atoms with Crippen molar-refractivity contribution in [2.45, 2.75) is 26.2 Å². The molecule has 26 heavy (non-hydrogen) atoms. The van der Waals surface area contributed by atoms with E-state index in [1.165, 1.54) is 5.56 Å². The van der Waals surface area contributed by atoms with Crippen LogP contribution >= 0.6 is 0 Å². The van der Waals surface area contributed by atoms with Gasteiger partial charge in [-0.3, -0.25) is 0 Å². The van der Waals surface area contributed by atoms with E-state index in [0.717, 1.165) is 38.1 Å². The van der Waals surface area contributed by atoms with Crippen LogP contribution in [0.3, 0.4) is 0 Å². The Morgan fingerprint density at radius 1 is 1.15 bits per heavy atom. The Labute approximate surface area is 152 Å². The highest BCUT2D eigenvalue weighted by Gasteiger charge is 2.21. The second-order valence-corrected chi connectivity index (χ2v) is 6.71. The van der Waals surface area contributed by atoms with Crippen molar-refractivity contribution in [2.24, 2.45) is 5.92 Å². The van der Waals surface area contributed by atoms with Crippen LogP contribution in [-0.4, -0.2) is 33.4 Å². The van der Waals surface area contributed by atoms with Gasteiger partial charge in [-0.2, -0.15) is 10.1 Å². The van der Waals surface area contributed by atoms with E-state index < -0.39 is 0 Å². The first kappa shape index (κ1) is 16.5. The molecule has 3 heterocycles. The molecule has 0 spiro atoms. The molecule has 0 bridgehead atoms. The summed E-state index contributed by atoms with van der Waals surface area (Å²) in [5.41, 5.74) is 1.41. The molecule has 7 nitrogen and oxygen atoms in total. The number of piperidine rings is 1. The number of nitrogens with one attached hydrogen (secondary N) is 1. The summed E-state index contributed by atoms with van der Waals surface area (Å²) in [7, 11) is 0. The number of aromatic nitrogens is 4. The number of aryl methyl sites for hydroxylation is 1. The summed E-state index contributed by atoms with van der Waals surface area (Å²) in [5.74, 6) is 3.36. The molecular formula is C19H22N6O. The second-order valence-electron chi connectivity index (χ2n) is 6.71. The minimum atomic E-state index is 0.620. The van der Waals surface area contributed by atoms with Gasteiger partial charge in [0.05, 0.1) is 6.20 Å². The van der Waals surface area contributed by atoms with Gasteiger partial charge >= 0.3 is 0 Å². The van der Waals surface area contributed by atoms with Crippen LogP contribution in [0.2, 0.25) is 0 Å². The third kappa shape index (κ3) is 3.99.